The van der Waals surface area contributed by atoms with Gasteiger partial charge in [-0.2, -0.15) is 5.26 Å². The highest BCUT2D eigenvalue weighted by Gasteiger charge is 2.08. The summed E-state index contributed by atoms with van der Waals surface area (Å²) in [7, 11) is 0. The third kappa shape index (κ3) is 1.97. The fourth-order valence-electron chi connectivity index (χ4n) is 1.44. The Morgan fingerprint density at radius 3 is 2.38 bits per heavy atom. The number of hydrogen-bond acceptors (Lipinski definition) is 3. The van der Waals surface area contributed by atoms with E-state index >= 15 is 0 Å². The molecule has 0 aliphatic heterocycles. The van der Waals surface area contributed by atoms with E-state index in [2.05, 4.69) is 6.07 Å². The van der Waals surface area contributed by atoms with E-state index in [4.69, 9.17) is 9.68 Å². The van der Waals surface area contributed by atoms with Crippen molar-refractivity contribution < 1.29 is 9.52 Å². The predicted molar refractivity (Wildman–Crippen MR) is 59.5 cm³/mol. The third-order valence-electron chi connectivity index (χ3n) is 2.34. The molecule has 0 bridgehead atoms. The van der Waals surface area contributed by atoms with Crippen molar-refractivity contribution in [2.24, 2.45) is 0 Å². The molecule has 0 aliphatic rings. The first-order chi connectivity index (χ1) is 7.70. The Morgan fingerprint density at radius 2 is 1.88 bits per heavy atom. The molecule has 1 aromatic carbocycles. The van der Waals surface area contributed by atoms with Crippen LogP contribution in [0.3, 0.4) is 0 Å². The molecule has 3 nitrogen and oxygen atoms in total. The number of nitriles is 1. The quantitative estimate of drug-likeness (QED) is 0.834. The molecule has 16 heavy (non-hydrogen) atoms. The van der Waals surface area contributed by atoms with Crippen LogP contribution in [0, 0.1) is 11.3 Å². The molecule has 2 rings (SSSR count). The predicted octanol–water partition coefficient (Wildman–Crippen LogP) is 2.87. The maximum absolute atomic E-state index is 9.33. The lowest BCUT2D eigenvalue weighted by atomic mass is 10.1. The van der Waals surface area contributed by atoms with E-state index in [1.54, 1.807) is 25.1 Å². The van der Waals surface area contributed by atoms with Crippen molar-refractivity contribution >= 4 is 0 Å². The van der Waals surface area contributed by atoms with E-state index in [9.17, 15) is 5.11 Å². The van der Waals surface area contributed by atoms with Crippen LogP contribution in [0.25, 0.3) is 11.3 Å². The van der Waals surface area contributed by atoms with Gasteiger partial charge in [-0.1, -0.05) is 0 Å². The number of benzene rings is 1. The summed E-state index contributed by atoms with van der Waals surface area (Å²) in [6.07, 6.45) is -0.605. The van der Waals surface area contributed by atoms with E-state index in [0.717, 1.165) is 5.56 Å². The Morgan fingerprint density at radius 1 is 1.19 bits per heavy atom. The maximum Gasteiger partial charge on any atom is 0.134 e. The largest absolute Gasteiger partial charge is 0.458 e. The molecule has 2 aromatic rings. The first-order valence-electron chi connectivity index (χ1n) is 4.99. The molecule has 1 atom stereocenters. The number of nitrogens with zero attached hydrogens (tertiary/aromatic N) is 1. The molecule has 0 spiro atoms. The Labute approximate surface area is 93.6 Å². The molecule has 1 heterocycles. The molecule has 0 aliphatic carbocycles. The van der Waals surface area contributed by atoms with Gasteiger partial charge in [0.05, 0.1) is 11.6 Å². The van der Waals surface area contributed by atoms with Crippen molar-refractivity contribution in [3.05, 3.63) is 47.7 Å². The summed E-state index contributed by atoms with van der Waals surface area (Å²) in [6.45, 7) is 1.65. The number of aliphatic hydroxyl groups is 1. The number of furan rings is 1. The average molecular weight is 213 g/mol. The Balaban J connectivity index is 2.32. The zero-order valence-electron chi connectivity index (χ0n) is 8.84. The Hall–Kier alpha value is -2.05. The van der Waals surface area contributed by atoms with Gasteiger partial charge in [-0.25, -0.2) is 0 Å². The fraction of sp³-hybridized carbons (Fsp3) is 0.154. The van der Waals surface area contributed by atoms with Gasteiger partial charge in [0.1, 0.15) is 17.6 Å². The molecule has 0 saturated carbocycles. The van der Waals surface area contributed by atoms with Crippen LogP contribution in [0.4, 0.5) is 0 Å². The van der Waals surface area contributed by atoms with Gasteiger partial charge < -0.3 is 9.52 Å². The molecule has 1 unspecified atom stereocenters. The lowest BCUT2D eigenvalue weighted by molar-refractivity contribution is 0.170. The van der Waals surface area contributed by atoms with Gasteiger partial charge >= 0.3 is 0 Å². The minimum Gasteiger partial charge on any atom is -0.458 e. The van der Waals surface area contributed by atoms with Crippen molar-refractivity contribution in [3.63, 3.8) is 0 Å². The van der Waals surface area contributed by atoms with Gasteiger partial charge in [-0.3, -0.25) is 0 Å². The molecule has 0 amide bonds. The highest BCUT2D eigenvalue weighted by atomic mass is 16.4. The van der Waals surface area contributed by atoms with Crippen LogP contribution in [0.2, 0.25) is 0 Å². The SMILES string of the molecule is CC(O)c1ccc(-c2ccc(C#N)cc2)o1. The first-order valence-corrected chi connectivity index (χ1v) is 4.99. The molecule has 0 radical (unpaired) electrons. The van der Waals surface area contributed by atoms with Gasteiger partial charge in [-0.15, -0.1) is 0 Å². The van der Waals surface area contributed by atoms with Crippen LogP contribution in [-0.4, -0.2) is 5.11 Å². The lowest BCUT2D eigenvalue weighted by Gasteiger charge is -1.99. The molecule has 1 aromatic heterocycles. The van der Waals surface area contributed by atoms with Crippen LogP contribution in [0.15, 0.2) is 40.8 Å². The Bertz CT molecular complexity index is 518. The number of hydrogen-bond donors (Lipinski definition) is 1. The van der Waals surface area contributed by atoms with E-state index in [1.807, 2.05) is 18.2 Å². The smallest absolute Gasteiger partial charge is 0.134 e. The maximum atomic E-state index is 9.33. The molecular formula is C13H11NO2. The van der Waals surface area contributed by atoms with Gasteiger partial charge in [0.15, 0.2) is 0 Å². The van der Waals surface area contributed by atoms with Crippen molar-refractivity contribution in [2.75, 3.05) is 0 Å². The molecule has 3 heteroatoms. The van der Waals surface area contributed by atoms with Gasteiger partial charge in [0.2, 0.25) is 0 Å². The summed E-state index contributed by atoms with van der Waals surface area (Å²) in [5.74, 6) is 1.24. The van der Waals surface area contributed by atoms with Crippen molar-refractivity contribution in [1.29, 1.82) is 5.26 Å². The summed E-state index contributed by atoms with van der Waals surface area (Å²) in [5.41, 5.74) is 1.51. The topological polar surface area (TPSA) is 57.2 Å². The summed E-state index contributed by atoms with van der Waals surface area (Å²) < 4.78 is 5.47. The van der Waals surface area contributed by atoms with Crippen LogP contribution in [0.5, 0.6) is 0 Å². The summed E-state index contributed by atoms with van der Waals surface area (Å²) >= 11 is 0. The summed E-state index contributed by atoms with van der Waals surface area (Å²) in [4.78, 5) is 0. The standard InChI is InChI=1S/C13H11NO2/c1-9(15)12-6-7-13(16-12)11-4-2-10(8-14)3-5-11/h2-7,9,15H,1H3. The average Bonchev–Trinajstić information content (AvgIpc) is 2.78. The van der Waals surface area contributed by atoms with E-state index in [1.165, 1.54) is 0 Å². The second-order valence-electron chi connectivity index (χ2n) is 3.57. The zero-order valence-corrected chi connectivity index (χ0v) is 8.84. The van der Waals surface area contributed by atoms with Crippen LogP contribution < -0.4 is 0 Å². The van der Waals surface area contributed by atoms with E-state index in [0.29, 0.717) is 17.1 Å². The van der Waals surface area contributed by atoms with Crippen LogP contribution in [0.1, 0.15) is 24.4 Å². The summed E-state index contributed by atoms with van der Waals surface area (Å²) in [6, 6.07) is 12.7. The van der Waals surface area contributed by atoms with Gasteiger partial charge in [0.25, 0.3) is 0 Å². The monoisotopic (exact) mass is 213 g/mol. The van der Waals surface area contributed by atoms with Crippen molar-refractivity contribution in [2.45, 2.75) is 13.0 Å². The number of rotatable bonds is 2. The van der Waals surface area contributed by atoms with E-state index < -0.39 is 6.10 Å². The molecular weight excluding hydrogens is 202 g/mol. The van der Waals surface area contributed by atoms with Crippen LogP contribution >= 0.6 is 0 Å². The normalized spacial score (nSPS) is 12.1. The minimum absolute atomic E-state index is 0.541. The minimum atomic E-state index is -0.605. The van der Waals surface area contributed by atoms with Crippen molar-refractivity contribution in [1.82, 2.24) is 0 Å². The first kappa shape index (κ1) is 10.5. The zero-order chi connectivity index (χ0) is 11.5. The van der Waals surface area contributed by atoms with Crippen LogP contribution in [-0.2, 0) is 0 Å². The van der Waals surface area contributed by atoms with Gasteiger partial charge in [0, 0.05) is 5.56 Å². The molecule has 0 saturated heterocycles. The van der Waals surface area contributed by atoms with Gasteiger partial charge in [-0.05, 0) is 43.3 Å². The van der Waals surface area contributed by atoms with E-state index in [-0.39, 0.29) is 0 Å². The molecule has 80 valence electrons. The Kier molecular flexibility index (Phi) is 2.76. The highest BCUT2D eigenvalue weighted by Crippen LogP contribution is 2.25. The lowest BCUT2D eigenvalue weighted by Crippen LogP contribution is -1.85. The fourth-order valence-corrected chi connectivity index (χ4v) is 1.44. The second kappa shape index (κ2) is 4.21. The van der Waals surface area contributed by atoms with Crippen molar-refractivity contribution in [3.8, 4) is 17.4 Å². The second-order valence-corrected chi connectivity index (χ2v) is 3.57. The highest BCUT2D eigenvalue weighted by molar-refractivity contribution is 5.58. The number of aliphatic hydroxyl groups excluding tert-OH is 1. The molecule has 0 fully saturated rings. The molecule has 1 N–H and O–H groups in total. The third-order valence-corrected chi connectivity index (χ3v) is 2.34. The summed E-state index contributed by atoms with van der Waals surface area (Å²) in [5, 5.41) is 18.0.